The summed E-state index contributed by atoms with van der Waals surface area (Å²) in [6, 6.07) is 6.06. The van der Waals surface area contributed by atoms with Gasteiger partial charge in [-0.1, -0.05) is 18.9 Å². The van der Waals surface area contributed by atoms with E-state index < -0.39 is 0 Å². The third-order valence-corrected chi connectivity index (χ3v) is 4.44. The molecule has 1 heterocycles. The summed E-state index contributed by atoms with van der Waals surface area (Å²) in [7, 11) is 1.63. The predicted molar refractivity (Wildman–Crippen MR) is 93.7 cm³/mol. The molecule has 4 nitrogen and oxygen atoms in total. The minimum Gasteiger partial charge on any atom is -0.507 e. The molecule has 0 amide bonds. The highest BCUT2D eigenvalue weighted by Crippen LogP contribution is 2.42. The zero-order chi connectivity index (χ0) is 13.9. The van der Waals surface area contributed by atoms with Gasteiger partial charge < -0.3 is 15.2 Å². The lowest BCUT2D eigenvalue weighted by Gasteiger charge is -2.35. The molecular formula is C16H26Cl2N2O2. The smallest absolute Gasteiger partial charge is 0.124 e. The number of ether oxygens (including phenoxy) is 1. The van der Waals surface area contributed by atoms with Gasteiger partial charge in [0, 0.05) is 43.9 Å². The van der Waals surface area contributed by atoms with Gasteiger partial charge in [-0.05, 0) is 18.4 Å². The van der Waals surface area contributed by atoms with Crippen LogP contribution in [0.4, 0.5) is 0 Å². The second kappa shape index (κ2) is 8.82. The first kappa shape index (κ1) is 19.4. The molecule has 22 heavy (non-hydrogen) atoms. The average Bonchev–Trinajstić information content (AvgIpc) is 3.30. The molecule has 0 aromatic heterocycles. The molecule has 6 heteroatoms. The van der Waals surface area contributed by atoms with Crippen molar-refractivity contribution in [2.24, 2.45) is 5.92 Å². The van der Waals surface area contributed by atoms with E-state index >= 15 is 0 Å². The number of halogens is 2. The Balaban J connectivity index is 0.00000121. The second-order valence-corrected chi connectivity index (χ2v) is 5.91. The van der Waals surface area contributed by atoms with Crippen LogP contribution >= 0.6 is 24.8 Å². The van der Waals surface area contributed by atoms with E-state index in [9.17, 15) is 5.11 Å². The minimum absolute atomic E-state index is 0. The van der Waals surface area contributed by atoms with Crippen molar-refractivity contribution >= 4 is 24.8 Å². The lowest BCUT2D eigenvalue weighted by atomic mass is 9.97. The number of phenolic OH excluding ortho intramolecular Hbond substituents is 1. The lowest BCUT2D eigenvalue weighted by Crippen LogP contribution is -2.45. The second-order valence-electron chi connectivity index (χ2n) is 5.91. The number of aromatic hydroxyl groups is 1. The highest BCUT2D eigenvalue weighted by atomic mass is 35.5. The molecule has 0 spiro atoms. The fourth-order valence-corrected chi connectivity index (χ4v) is 3.07. The maximum atomic E-state index is 10.3. The monoisotopic (exact) mass is 348 g/mol. The number of nitrogens with one attached hydrogen (secondary N) is 1. The van der Waals surface area contributed by atoms with Crippen LogP contribution < -0.4 is 10.1 Å². The molecule has 1 atom stereocenters. The van der Waals surface area contributed by atoms with Crippen molar-refractivity contribution in [1.29, 1.82) is 0 Å². The molecule has 2 fully saturated rings. The SMILES string of the molecule is COc1ccc([C@@H](CC2CC2)N2CCNCC2)c(O)c1.Cl.Cl. The third kappa shape index (κ3) is 4.66. The lowest BCUT2D eigenvalue weighted by molar-refractivity contribution is 0.158. The summed E-state index contributed by atoms with van der Waals surface area (Å²) in [5.41, 5.74) is 1.06. The molecule has 0 bridgehead atoms. The summed E-state index contributed by atoms with van der Waals surface area (Å²) >= 11 is 0. The van der Waals surface area contributed by atoms with Gasteiger partial charge in [0.25, 0.3) is 0 Å². The molecular weight excluding hydrogens is 323 g/mol. The van der Waals surface area contributed by atoms with Gasteiger partial charge in [-0.25, -0.2) is 0 Å². The number of phenols is 1. The molecule has 1 saturated heterocycles. The van der Waals surface area contributed by atoms with Crippen molar-refractivity contribution in [1.82, 2.24) is 10.2 Å². The number of hydrogen-bond acceptors (Lipinski definition) is 4. The van der Waals surface area contributed by atoms with Crippen LogP contribution in [-0.4, -0.2) is 43.3 Å². The Hall–Kier alpha value is -0.680. The molecule has 1 aliphatic carbocycles. The maximum absolute atomic E-state index is 10.3. The average molecular weight is 349 g/mol. The molecule has 3 rings (SSSR count). The summed E-state index contributed by atoms with van der Waals surface area (Å²) in [6.45, 7) is 4.20. The van der Waals surface area contributed by atoms with Crippen LogP contribution in [0.2, 0.25) is 0 Å². The van der Waals surface area contributed by atoms with Crippen molar-refractivity contribution < 1.29 is 9.84 Å². The van der Waals surface area contributed by atoms with Gasteiger partial charge in [-0.2, -0.15) is 0 Å². The van der Waals surface area contributed by atoms with Crippen LogP contribution in [0.25, 0.3) is 0 Å². The highest BCUT2D eigenvalue weighted by molar-refractivity contribution is 5.85. The van der Waals surface area contributed by atoms with E-state index in [0.29, 0.717) is 11.8 Å². The first-order valence-corrected chi connectivity index (χ1v) is 7.59. The number of nitrogens with zero attached hydrogens (tertiary/aromatic N) is 1. The summed E-state index contributed by atoms with van der Waals surface area (Å²) < 4.78 is 5.19. The van der Waals surface area contributed by atoms with Crippen molar-refractivity contribution in [3.8, 4) is 11.5 Å². The fraction of sp³-hybridized carbons (Fsp3) is 0.625. The van der Waals surface area contributed by atoms with Gasteiger partial charge >= 0.3 is 0 Å². The van der Waals surface area contributed by atoms with Crippen LogP contribution in [0.3, 0.4) is 0 Å². The Kier molecular flexibility index (Phi) is 7.77. The van der Waals surface area contributed by atoms with Crippen LogP contribution in [-0.2, 0) is 0 Å². The van der Waals surface area contributed by atoms with E-state index in [0.717, 1.165) is 43.4 Å². The number of piperazine rings is 1. The molecule has 1 aromatic rings. The Morgan fingerprint density at radius 2 is 1.95 bits per heavy atom. The number of benzene rings is 1. The van der Waals surface area contributed by atoms with E-state index in [4.69, 9.17) is 4.74 Å². The van der Waals surface area contributed by atoms with Crippen molar-refractivity contribution in [2.75, 3.05) is 33.3 Å². The molecule has 0 unspecified atom stereocenters. The minimum atomic E-state index is 0. The van der Waals surface area contributed by atoms with Gasteiger partial charge in [-0.15, -0.1) is 24.8 Å². The summed E-state index contributed by atoms with van der Waals surface area (Å²) in [6.07, 6.45) is 3.86. The zero-order valence-corrected chi connectivity index (χ0v) is 14.6. The zero-order valence-electron chi connectivity index (χ0n) is 13.0. The van der Waals surface area contributed by atoms with Gasteiger partial charge in [0.2, 0.25) is 0 Å². The van der Waals surface area contributed by atoms with E-state index in [1.807, 2.05) is 12.1 Å². The maximum Gasteiger partial charge on any atom is 0.124 e. The molecule has 1 aromatic carbocycles. The topological polar surface area (TPSA) is 44.7 Å². The summed E-state index contributed by atoms with van der Waals surface area (Å²) in [5, 5.41) is 13.7. The van der Waals surface area contributed by atoms with Gasteiger partial charge in [0.05, 0.1) is 7.11 Å². The number of methoxy groups -OCH3 is 1. The Labute approximate surface area is 145 Å². The number of rotatable bonds is 5. The Morgan fingerprint density at radius 1 is 1.27 bits per heavy atom. The predicted octanol–water partition coefficient (Wildman–Crippen LogP) is 2.99. The van der Waals surface area contributed by atoms with E-state index in [1.54, 1.807) is 13.2 Å². The quantitative estimate of drug-likeness (QED) is 0.858. The molecule has 0 radical (unpaired) electrons. The Morgan fingerprint density at radius 3 is 2.50 bits per heavy atom. The molecule has 2 aliphatic rings. The van der Waals surface area contributed by atoms with E-state index in [-0.39, 0.29) is 24.8 Å². The largest absolute Gasteiger partial charge is 0.507 e. The van der Waals surface area contributed by atoms with Crippen LogP contribution in [0, 0.1) is 5.92 Å². The van der Waals surface area contributed by atoms with E-state index in [2.05, 4.69) is 10.2 Å². The van der Waals surface area contributed by atoms with E-state index in [1.165, 1.54) is 19.3 Å². The first-order chi connectivity index (χ1) is 9.78. The normalized spacial score (nSPS) is 19.7. The summed E-state index contributed by atoms with van der Waals surface area (Å²) in [5.74, 6) is 1.93. The third-order valence-electron chi connectivity index (χ3n) is 4.44. The van der Waals surface area contributed by atoms with Crippen LogP contribution in [0.5, 0.6) is 11.5 Å². The molecule has 2 N–H and O–H groups in total. The Bertz CT molecular complexity index is 463. The van der Waals surface area contributed by atoms with Crippen LogP contribution in [0.1, 0.15) is 30.9 Å². The highest BCUT2D eigenvalue weighted by Gasteiger charge is 2.31. The first-order valence-electron chi connectivity index (χ1n) is 7.59. The molecule has 126 valence electrons. The fourth-order valence-electron chi connectivity index (χ4n) is 3.07. The van der Waals surface area contributed by atoms with Crippen molar-refractivity contribution in [3.05, 3.63) is 23.8 Å². The van der Waals surface area contributed by atoms with Crippen molar-refractivity contribution in [3.63, 3.8) is 0 Å². The molecule has 1 aliphatic heterocycles. The van der Waals surface area contributed by atoms with Gasteiger partial charge in [0.1, 0.15) is 11.5 Å². The standard InChI is InChI=1S/C16H24N2O2.2ClH/c1-20-13-4-5-14(16(19)11-13)15(10-12-2-3-12)18-8-6-17-7-9-18;;/h4-5,11-12,15,17,19H,2-3,6-10H2,1H3;2*1H/t15-;;/m1../s1. The number of hydrogen-bond donors (Lipinski definition) is 2. The summed E-state index contributed by atoms with van der Waals surface area (Å²) in [4.78, 5) is 2.51. The van der Waals surface area contributed by atoms with Gasteiger partial charge in [0.15, 0.2) is 0 Å². The molecule has 1 saturated carbocycles. The van der Waals surface area contributed by atoms with Gasteiger partial charge in [-0.3, -0.25) is 4.90 Å². The van der Waals surface area contributed by atoms with Crippen molar-refractivity contribution in [2.45, 2.75) is 25.3 Å². The van der Waals surface area contributed by atoms with Crippen LogP contribution in [0.15, 0.2) is 18.2 Å².